The van der Waals surface area contributed by atoms with Crippen molar-refractivity contribution in [3.8, 4) is 0 Å². The number of nitrogens with one attached hydrogen (secondary N) is 1. The first-order chi connectivity index (χ1) is 7.69. The normalized spacial score (nSPS) is 24.7. The minimum atomic E-state index is 0.576. The molecule has 1 aliphatic carbocycles. The van der Waals surface area contributed by atoms with Crippen molar-refractivity contribution in [1.82, 2.24) is 9.97 Å². The van der Waals surface area contributed by atoms with Crippen molar-refractivity contribution >= 4 is 5.82 Å². The van der Waals surface area contributed by atoms with Gasteiger partial charge >= 0.3 is 0 Å². The lowest BCUT2D eigenvalue weighted by atomic mass is 10.1. The van der Waals surface area contributed by atoms with Crippen LogP contribution in [0.15, 0.2) is 6.07 Å². The second-order valence-electron chi connectivity index (χ2n) is 4.90. The van der Waals surface area contributed by atoms with Crippen LogP contribution in [0.4, 0.5) is 5.82 Å². The summed E-state index contributed by atoms with van der Waals surface area (Å²) in [5.41, 5.74) is 1.07. The van der Waals surface area contributed by atoms with Crippen LogP contribution in [-0.2, 0) is 0 Å². The first-order valence-electron chi connectivity index (χ1n) is 6.28. The number of hydrogen-bond donors (Lipinski definition) is 1. The zero-order valence-corrected chi connectivity index (χ0v) is 10.5. The third kappa shape index (κ3) is 2.52. The van der Waals surface area contributed by atoms with E-state index < -0.39 is 0 Å². The molecule has 88 valence electrons. The Hall–Kier alpha value is -1.12. The molecule has 1 N–H and O–H groups in total. The third-order valence-corrected chi connectivity index (χ3v) is 3.29. The molecule has 1 aliphatic rings. The topological polar surface area (TPSA) is 37.8 Å². The Morgan fingerprint density at radius 1 is 1.38 bits per heavy atom. The highest BCUT2D eigenvalue weighted by Gasteiger charge is 2.25. The van der Waals surface area contributed by atoms with Gasteiger partial charge in [-0.1, -0.05) is 6.92 Å². The number of aryl methyl sites for hydroxylation is 1. The van der Waals surface area contributed by atoms with Crippen LogP contribution in [0.3, 0.4) is 0 Å². The SMILES string of the molecule is CCNc1cc(C)nc(C2CCC(C)C2)n1. The van der Waals surface area contributed by atoms with Gasteiger partial charge in [0.15, 0.2) is 0 Å². The molecule has 0 aliphatic heterocycles. The summed E-state index contributed by atoms with van der Waals surface area (Å²) in [6, 6.07) is 2.02. The molecule has 1 saturated carbocycles. The average molecular weight is 219 g/mol. The van der Waals surface area contributed by atoms with Crippen LogP contribution in [0, 0.1) is 12.8 Å². The van der Waals surface area contributed by atoms with Gasteiger partial charge in [0, 0.05) is 24.2 Å². The maximum Gasteiger partial charge on any atom is 0.134 e. The van der Waals surface area contributed by atoms with E-state index in [0.717, 1.165) is 29.8 Å². The van der Waals surface area contributed by atoms with Crippen LogP contribution in [0.25, 0.3) is 0 Å². The lowest BCUT2D eigenvalue weighted by Gasteiger charge is -2.11. The Kier molecular flexibility index (Phi) is 3.42. The fourth-order valence-corrected chi connectivity index (χ4v) is 2.49. The Morgan fingerprint density at radius 2 is 2.19 bits per heavy atom. The number of hydrogen-bond acceptors (Lipinski definition) is 3. The van der Waals surface area contributed by atoms with Gasteiger partial charge in [-0.3, -0.25) is 0 Å². The van der Waals surface area contributed by atoms with E-state index in [2.05, 4.69) is 29.1 Å². The molecule has 1 aromatic rings. The molecule has 2 atom stereocenters. The molecular formula is C13H21N3. The molecule has 1 fully saturated rings. The summed E-state index contributed by atoms with van der Waals surface area (Å²) in [6.45, 7) is 7.37. The Labute approximate surface area is 97.7 Å². The van der Waals surface area contributed by atoms with Crippen LogP contribution in [0.5, 0.6) is 0 Å². The van der Waals surface area contributed by atoms with Crippen LogP contribution in [0.2, 0.25) is 0 Å². The van der Waals surface area contributed by atoms with Gasteiger partial charge in [0.1, 0.15) is 11.6 Å². The molecule has 0 bridgehead atoms. The van der Waals surface area contributed by atoms with Crippen LogP contribution in [0.1, 0.15) is 50.5 Å². The van der Waals surface area contributed by atoms with Crippen molar-refractivity contribution < 1.29 is 0 Å². The lowest BCUT2D eigenvalue weighted by Crippen LogP contribution is -2.07. The molecule has 0 radical (unpaired) electrons. The van der Waals surface area contributed by atoms with Crippen molar-refractivity contribution in [2.24, 2.45) is 5.92 Å². The third-order valence-electron chi connectivity index (χ3n) is 3.29. The van der Waals surface area contributed by atoms with E-state index in [1.165, 1.54) is 19.3 Å². The quantitative estimate of drug-likeness (QED) is 0.848. The van der Waals surface area contributed by atoms with Crippen molar-refractivity contribution in [2.45, 2.75) is 46.0 Å². The van der Waals surface area contributed by atoms with Gasteiger partial charge in [-0.2, -0.15) is 0 Å². The minimum Gasteiger partial charge on any atom is -0.370 e. The molecule has 2 rings (SSSR count). The average Bonchev–Trinajstić information content (AvgIpc) is 2.64. The van der Waals surface area contributed by atoms with E-state index in [0.29, 0.717) is 5.92 Å². The summed E-state index contributed by atoms with van der Waals surface area (Å²) in [7, 11) is 0. The van der Waals surface area contributed by atoms with E-state index in [9.17, 15) is 0 Å². The van der Waals surface area contributed by atoms with E-state index in [-0.39, 0.29) is 0 Å². The highest BCUT2D eigenvalue weighted by molar-refractivity contribution is 5.36. The number of rotatable bonds is 3. The number of anilines is 1. The fraction of sp³-hybridized carbons (Fsp3) is 0.692. The van der Waals surface area contributed by atoms with Gasteiger partial charge in [0.2, 0.25) is 0 Å². The maximum absolute atomic E-state index is 4.62. The van der Waals surface area contributed by atoms with Gasteiger partial charge in [-0.05, 0) is 39.0 Å². The molecule has 0 amide bonds. The predicted molar refractivity (Wildman–Crippen MR) is 66.7 cm³/mol. The van der Waals surface area contributed by atoms with Crippen molar-refractivity contribution in [1.29, 1.82) is 0 Å². The van der Waals surface area contributed by atoms with Gasteiger partial charge in [0.25, 0.3) is 0 Å². The molecule has 0 aromatic carbocycles. The second-order valence-corrected chi connectivity index (χ2v) is 4.90. The number of nitrogens with zero attached hydrogens (tertiary/aromatic N) is 2. The predicted octanol–water partition coefficient (Wildman–Crippen LogP) is 3.12. The molecule has 0 spiro atoms. The highest BCUT2D eigenvalue weighted by atomic mass is 15.0. The van der Waals surface area contributed by atoms with Crippen molar-refractivity contribution in [3.63, 3.8) is 0 Å². The first-order valence-corrected chi connectivity index (χ1v) is 6.28. The largest absolute Gasteiger partial charge is 0.370 e. The smallest absolute Gasteiger partial charge is 0.134 e. The van der Waals surface area contributed by atoms with Crippen LogP contribution < -0.4 is 5.32 Å². The molecule has 2 unspecified atom stereocenters. The summed E-state index contributed by atoms with van der Waals surface area (Å²) in [5.74, 6) is 3.42. The summed E-state index contributed by atoms with van der Waals surface area (Å²) < 4.78 is 0. The standard InChI is InChI=1S/C13H21N3/c1-4-14-12-8-10(3)15-13(16-12)11-6-5-9(2)7-11/h8-9,11H,4-7H2,1-3H3,(H,14,15,16). The van der Waals surface area contributed by atoms with Crippen molar-refractivity contribution in [3.05, 3.63) is 17.6 Å². The molecule has 1 heterocycles. The Morgan fingerprint density at radius 3 is 2.81 bits per heavy atom. The molecular weight excluding hydrogens is 198 g/mol. The summed E-state index contributed by atoms with van der Waals surface area (Å²) >= 11 is 0. The fourth-order valence-electron chi connectivity index (χ4n) is 2.49. The minimum absolute atomic E-state index is 0.576. The molecule has 3 heteroatoms. The van der Waals surface area contributed by atoms with E-state index in [4.69, 9.17) is 0 Å². The van der Waals surface area contributed by atoms with Gasteiger partial charge in [-0.15, -0.1) is 0 Å². The zero-order valence-electron chi connectivity index (χ0n) is 10.5. The molecule has 3 nitrogen and oxygen atoms in total. The van der Waals surface area contributed by atoms with Gasteiger partial charge in [-0.25, -0.2) is 9.97 Å². The van der Waals surface area contributed by atoms with Crippen LogP contribution in [-0.4, -0.2) is 16.5 Å². The van der Waals surface area contributed by atoms with Gasteiger partial charge < -0.3 is 5.32 Å². The lowest BCUT2D eigenvalue weighted by molar-refractivity contribution is 0.584. The van der Waals surface area contributed by atoms with Crippen LogP contribution >= 0.6 is 0 Å². The monoisotopic (exact) mass is 219 g/mol. The first kappa shape index (κ1) is 11.4. The molecule has 0 saturated heterocycles. The second kappa shape index (κ2) is 4.81. The van der Waals surface area contributed by atoms with Gasteiger partial charge in [0.05, 0.1) is 0 Å². The Bertz CT molecular complexity index is 362. The molecule has 16 heavy (non-hydrogen) atoms. The molecule has 1 aromatic heterocycles. The summed E-state index contributed by atoms with van der Waals surface area (Å²) in [5, 5.41) is 3.27. The highest BCUT2D eigenvalue weighted by Crippen LogP contribution is 2.36. The number of aromatic nitrogens is 2. The maximum atomic E-state index is 4.62. The van der Waals surface area contributed by atoms with E-state index >= 15 is 0 Å². The summed E-state index contributed by atoms with van der Waals surface area (Å²) in [6.07, 6.45) is 3.81. The Balaban J connectivity index is 2.20. The van der Waals surface area contributed by atoms with E-state index in [1.807, 2.05) is 13.0 Å². The van der Waals surface area contributed by atoms with Crippen molar-refractivity contribution in [2.75, 3.05) is 11.9 Å². The zero-order chi connectivity index (χ0) is 11.5. The summed E-state index contributed by atoms with van der Waals surface area (Å²) in [4.78, 5) is 9.20. The van der Waals surface area contributed by atoms with E-state index in [1.54, 1.807) is 0 Å².